The molecule has 0 aliphatic rings. The van der Waals surface area contributed by atoms with Crippen LogP contribution in [0.25, 0.3) is 11.1 Å². The first-order chi connectivity index (χ1) is 14.1. The van der Waals surface area contributed by atoms with Crippen molar-refractivity contribution in [1.29, 1.82) is 0 Å². The molecule has 0 radical (unpaired) electrons. The number of carbonyl (C=O) groups is 1. The molecule has 0 aliphatic carbocycles. The van der Waals surface area contributed by atoms with Crippen molar-refractivity contribution < 1.29 is 48.8 Å². The number of amides is 1. The minimum absolute atomic E-state index is 0.0564. The van der Waals surface area contributed by atoms with Gasteiger partial charge in [0, 0.05) is 25.0 Å². The van der Waals surface area contributed by atoms with Gasteiger partial charge in [0.05, 0.1) is 0 Å². The predicted molar refractivity (Wildman–Crippen MR) is 109 cm³/mol. The summed E-state index contributed by atoms with van der Waals surface area (Å²) in [6, 6.07) is 10.2. The summed E-state index contributed by atoms with van der Waals surface area (Å²) in [5.74, 6) is -6.52. The first-order valence-electron chi connectivity index (χ1n) is 9.91. The van der Waals surface area contributed by atoms with E-state index in [1.807, 2.05) is 20.9 Å². The molecule has 0 heterocycles. The number of halogens is 4. The van der Waals surface area contributed by atoms with Gasteiger partial charge in [0.2, 0.25) is 0 Å². The zero-order valence-electron chi connectivity index (χ0n) is 18.5. The molecule has 2 aromatic rings. The SMILES string of the molecule is C[N]([Hg])C(C)(C)CC(=O)NCc1ccc(-c2cc(C(C)(F)F)cc(C(C)(F)F)c2)cc1. The molecule has 0 aliphatic heterocycles. The Morgan fingerprint density at radius 3 is 1.81 bits per heavy atom. The van der Waals surface area contributed by atoms with Crippen molar-refractivity contribution in [2.45, 2.75) is 58.0 Å². The molecule has 0 bridgehead atoms. The van der Waals surface area contributed by atoms with Gasteiger partial charge in [-0.3, -0.25) is 0 Å². The van der Waals surface area contributed by atoms with Gasteiger partial charge in [-0.05, 0) is 6.07 Å². The van der Waals surface area contributed by atoms with Crippen molar-refractivity contribution in [3.8, 4) is 11.1 Å². The van der Waals surface area contributed by atoms with Crippen LogP contribution in [0.2, 0.25) is 0 Å². The van der Waals surface area contributed by atoms with Crippen molar-refractivity contribution in [2.75, 3.05) is 7.05 Å². The quantitative estimate of drug-likeness (QED) is 0.300. The summed E-state index contributed by atoms with van der Waals surface area (Å²) < 4.78 is 57.5. The summed E-state index contributed by atoms with van der Waals surface area (Å²) in [7, 11) is 2.00. The van der Waals surface area contributed by atoms with E-state index in [4.69, 9.17) is 0 Å². The zero-order chi connectivity index (χ0) is 23.6. The van der Waals surface area contributed by atoms with Gasteiger partial charge in [0.15, 0.2) is 0 Å². The molecule has 0 aromatic heterocycles. The fourth-order valence-corrected chi connectivity index (χ4v) is 3.34. The van der Waals surface area contributed by atoms with Crippen LogP contribution in [-0.2, 0) is 49.6 Å². The second-order valence-electron chi connectivity index (χ2n) is 8.74. The van der Waals surface area contributed by atoms with Gasteiger partial charge in [-0.2, -0.15) is 0 Å². The third-order valence-corrected chi connectivity index (χ3v) is 8.68. The summed E-state index contributed by atoms with van der Waals surface area (Å²) in [6.07, 6.45) is 0.386. The third kappa shape index (κ3) is 7.27. The zero-order valence-corrected chi connectivity index (χ0v) is 24.0. The number of rotatable bonds is 8. The molecule has 3 nitrogen and oxygen atoms in total. The van der Waals surface area contributed by atoms with Crippen LogP contribution in [-0.4, -0.2) is 21.2 Å². The van der Waals surface area contributed by atoms with E-state index in [0.29, 0.717) is 64.4 Å². The Balaban J connectivity index is 2.19. The molecular formula is C23H27F4HgN2O. The molecule has 165 valence electrons. The van der Waals surface area contributed by atoms with E-state index in [-0.39, 0.29) is 11.4 Å². The number of alkyl halides is 4. The van der Waals surface area contributed by atoms with Gasteiger partial charge in [0.1, 0.15) is 0 Å². The second kappa shape index (κ2) is 9.57. The van der Waals surface area contributed by atoms with Crippen molar-refractivity contribution in [2.24, 2.45) is 0 Å². The van der Waals surface area contributed by atoms with Crippen LogP contribution in [0.1, 0.15) is 50.8 Å². The fraction of sp³-hybridized carbons (Fsp3) is 0.435. The van der Waals surface area contributed by atoms with Crippen molar-refractivity contribution >= 4 is 5.91 Å². The van der Waals surface area contributed by atoms with E-state index >= 15 is 0 Å². The molecule has 2 rings (SSSR count). The molecule has 31 heavy (non-hydrogen) atoms. The molecule has 0 saturated heterocycles. The van der Waals surface area contributed by atoms with Crippen molar-refractivity contribution in [1.82, 2.24) is 7.98 Å². The third-order valence-electron chi connectivity index (χ3n) is 5.35. The van der Waals surface area contributed by atoms with Gasteiger partial charge in [-0.25, -0.2) is 17.6 Å². The summed E-state index contributed by atoms with van der Waals surface area (Å²) in [5.41, 5.74) is 0.576. The first-order valence-corrected chi connectivity index (χ1v) is 12.4. The molecule has 0 fully saturated rings. The van der Waals surface area contributed by atoms with Gasteiger partial charge >= 0.3 is 138 Å². The molecule has 1 N–H and O–H groups in total. The van der Waals surface area contributed by atoms with E-state index in [1.165, 1.54) is 12.1 Å². The topological polar surface area (TPSA) is 32.3 Å². The Morgan fingerprint density at radius 2 is 1.39 bits per heavy atom. The Hall–Kier alpha value is -1.47. The maximum absolute atomic E-state index is 13.8. The monoisotopic (exact) mass is 625 g/mol. The summed E-state index contributed by atoms with van der Waals surface area (Å²) in [4.78, 5) is 12.2. The average molecular weight is 624 g/mol. The van der Waals surface area contributed by atoms with Gasteiger partial charge < -0.3 is 0 Å². The summed E-state index contributed by atoms with van der Waals surface area (Å²) in [5, 5.41) is 2.88. The molecule has 0 saturated carbocycles. The summed E-state index contributed by atoms with van der Waals surface area (Å²) >= 11 is 0.426. The normalized spacial score (nSPS) is 12.9. The van der Waals surface area contributed by atoms with E-state index in [1.54, 1.807) is 24.3 Å². The fourth-order valence-electron chi connectivity index (χ4n) is 2.91. The van der Waals surface area contributed by atoms with E-state index < -0.39 is 23.0 Å². The Labute approximate surface area is 197 Å². The van der Waals surface area contributed by atoms with Crippen LogP contribution in [0.3, 0.4) is 0 Å². The second-order valence-corrected chi connectivity index (χ2v) is 12.4. The van der Waals surface area contributed by atoms with E-state index in [0.717, 1.165) is 11.6 Å². The number of carbonyl (C=O) groups excluding carboxylic acids is 1. The Bertz CT molecular complexity index is 884. The van der Waals surface area contributed by atoms with E-state index in [2.05, 4.69) is 7.98 Å². The molecular weight excluding hydrogens is 597 g/mol. The predicted octanol–water partition coefficient (Wildman–Crippen LogP) is 5.76. The standard InChI is InChI=1S/C23H27F4N2O.Hg/c1-21(2,28-5)13-20(30)29-14-15-6-8-16(9-7-15)17-10-18(22(3,24)25)12-19(11-17)23(4,26)27;/h6-12H,13-14H2,1-5H3,(H,29,30);/q-1;+1. The van der Waals surface area contributed by atoms with Crippen molar-refractivity contribution in [3.63, 3.8) is 0 Å². The Kier molecular flexibility index (Phi) is 7.96. The number of nitrogens with zero attached hydrogens (tertiary/aromatic N) is 1. The number of hydrogen-bond donors (Lipinski definition) is 1. The van der Waals surface area contributed by atoms with Crippen LogP contribution in [0, 0.1) is 0 Å². The van der Waals surface area contributed by atoms with Crippen LogP contribution >= 0.6 is 0 Å². The van der Waals surface area contributed by atoms with Crippen LogP contribution in [0.4, 0.5) is 17.6 Å². The number of benzene rings is 2. The van der Waals surface area contributed by atoms with Gasteiger partial charge in [-0.15, -0.1) is 0 Å². The molecule has 0 atom stereocenters. The number of hydrogen-bond acceptors (Lipinski definition) is 2. The molecule has 8 heteroatoms. The Morgan fingerprint density at radius 1 is 0.903 bits per heavy atom. The van der Waals surface area contributed by atoms with Crippen molar-refractivity contribution in [3.05, 3.63) is 59.2 Å². The van der Waals surface area contributed by atoms with E-state index in [9.17, 15) is 22.4 Å². The summed E-state index contributed by atoms with van der Waals surface area (Å²) in [6.45, 7) is 5.76. The van der Waals surface area contributed by atoms with Crippen LogP contribution < -0.4 is 5.32 Å². The van der Waals surface area contributed by atoms with Crippen LogP contribution in [0.15, 0.2) is 42.5 Å². The molecule has 0 unspecified atom stereocenters. The average Bonchev–Trinajstić information content (AvgIpc) is 2.64. The van der Waals surface area contributed by atoms with Gasteiger partial charge in [0.25, 0.3) is 11.8 Å². The maximum atomic E-state index is 13.8. The molecule has 0 spiro atoms. The molecule has 2 aromatic carbocycles. The first kappa shape index (κ1) is 25.8. The minimum atomic E-state index is -3.23. The number of nitrogens with one attached hydrogen (secondary N) is 1. The van der Waals surface area contributed by atoms with Gasteiger partial charge in [-0.1, -0.05) is 0 Å². The molecule has 1 amide bonds. The van der Waals surface area contributed by atoms with Crippen LogP contribution in [0.5, 0.6) is 0 Å².